The highest BCUT2D eigenvalue weighted by atomic mass is 31.2. The van der Waals surface area contributed by atoms with Crippen LogP contribution in [-0.4, -0.2) is 10.6 Å². The summed E-state index contributed by atoms with van der Waals surface area (Å²) in [6.07, 6.45) is 17.0. The van der Waals surface area contributed by atoms with Crippen LogP contribution in [0.5, 0.6) is 0 Å². The molecule has 4 atom stereocenters. The van der Waals surface area contributed by atoms with Gasteiger partial charge in [-0.2, -0.15) is 0 Å². The summed E-state index contributed by atoms with van der Waals surface area (Å²) in [5, 5.41) is 3.98. The Morgan fingerprint density at radius 2 is 1.21 bits per heavy atom. The highest BCUT2D eigenvalue weighted by Crippen LogP contribution is 2.65. The topological polar surface area (TPSA) is 25.2 Å². The lowest BCUT2D eigenvalue weighted by Crippen LogP contribution is -2.38. The maximum atomic E-state index is 17.4. The summed E-state index contributed by atoms with van der Waals surface area (Å²) in [5.41, 5.74) is 13.6. The SMILES string of the molecule is O=P1(c2ccccc2)c2cc(-c3ccccc3)cc3c4cc(-c5ccccc5)ccc4n(c23)-c2cc(-c3ccccc3)cc3c2N1C1C=CC(C2C=CC=CC2)=CC31. The van der Waals surface area contributed by atoms with Gasteiger partial charge in [0.1, 0.15) is 0 Å². The minimum atomic E-state index is -3.60. The molecule has 0 bridgehead atoms. The van der Waals surface area contributed by atoms with Gasteiger partial charge in [-0.05, 0) is 99.5 Å². The molecule has 0 fully saturated rings. The van der Waals surface area contributed by atoms with Gasteiger partial charge in [-0.3, -0.25) is 4.57 Å². The highest BCUT2D eigenvalue weighted by molar-refractivity contribution is 7.80. The molecule has 0 spiro atoms. The number of fused-ring (bicyclic) bond motifs is 7. The lowest BCUT2D eigenvalue weighted by Gasteiger charge is -2.37. The monoisotopic (exact) mass is 762 g/mol. The van der Waals surface area contributed by atoms with E-state index in [0.717, 1.165) is 72.5 Å². The van der Waals surface area contributed by atoms with Crippen molar-refractivity contribution in [1.29, 1.82) is 0 Å². The number of hydrogen-bond donors (Lipinski definition) is 0. The van der Waals surface area contributed by atoms with Crippen molar-refractivity contribution in [1.82, 2.24) is 4.57 Å². The minimum Gasteiger partial charge on any atom is -0.306 e. The molecule has 4 unspecified atom stereocenters. The number of nitrogens with zero attached hydrogens (tertiary/aromatic N) is 2. The summed E-state index contributed by atoms with van der Waals surface area (Å²) in [6, 6.07) is 58.4. The molecule has 4 aliphatic rings. The number of aromatic nitrogens is 1. The average Bonchev–Trinajstić information content (AvgIpc) is 3.79. The first-order valence-electron chi connectivity index (χ1n) is 20.3. The van der Waals surface area contributed by atoms with E-state index in [4.69, 9.17) is 0 Å². The minimum absolute atomic E-state index is 0.00890. The molecule has 1 aromatic heterocycles. The van der Waals surface area contributed by atoms with Crippen molar-refractivity contribution in [3.8, 4) is 39.1 Å². The van der Waals surface area contributed by atoms with Crippen LogP contribution < -0.4 is 15.3 Å². The summed E-state index contributed by atoms with van der Waals surface area (Å²) < 4.78 is 22.2. The lowest BCUT2D eigenvalue weighted by atomic mass is 9.82. The first-order valence-corrected chi connectivity index (χ1v) is 22.0. The Balaban J connectivity index is 1.25. The predicted octanol–water partition coefficient (Wildman–Crippen LogP) is 12.9. The second-order valence-corrected chi connectivity index (χ2v) is 18.5. The third-order valence-electron chi connectivity index (χ3n) is 12.8. The van der Waals surface area contributed by atoms with Gasteiger partial charge in [-0.15, -0.1) is 0 Å². The summed E-state index contributed by atoms with van der Waals surface area (Å²) in [5.74, 6) is 0.320. The van der Waals surface area contributed by atoms with Gasteiger partial charge in [0.2, 0.25) is 7.29 Å². The maximum absolute atomic E-state index is 17.4. The van der Waals surface area contributed by atoms with E-state index in [2.05, 4.69) is 197 Å². The Kier molecular flexibility index (Phi) is 7.46. The molecule has 58 heavy (non-hydrogen) atoms. The zero-order chi connectivity index (χ0) is 38.4. The van der Waals surface area contributed by atoms with Crippen molar-refractivity contribution in [2.24, 2.45) is 5.92 Å². The molecule has 0 N–H and O–H groups in total. The van der Waals surface area contributed by atoms with E-state index in [1.54, 1.807) is 0 Å². The summed E-state index contributed by atoms with van der Waals surface area (Å²) in [7, 11) is -3.60. The summed E-state index contributed by atoms with van der Waals surface area (Å²) in [4.78, 5) is 0. The largest absolute Gasteiger partial charge is 0.306 e. The van der Waals surface area contributed by atoms with E-state index in [-0.39, 0.29) is 12.0 Å². The number of benzene rings is 7. The second-order valence-electron chi connectivity index (χ2n) is 15.9. The van der Waals surface area contributed by atoms with Gasteiger partial charge in [0.15, 0.2) is 0 Å². The molecule has 2 aliphatic carbocycles. The van der Waals surface area contributed by atoms with Crippen LogP contribution in [0.3, 0.4) is 0 Å². The Hall–Kier alpha value is -6.67. The van der Waals surface area contributed by atoms with E-state index in [1.807, 2.05) is 18.2 Å². The van der Waals surface area contributed by atoms with Gasteiger partial charge < -0.3 is 9.24 Å². The Morgan fingerprint density at radius 3 is 1.88 bits per heavy atom. The third kappa shape index (κ3) is 4.90. The number of anilines is 1. The van der Waals surface area contributed by atoms with Gasteiger partial charge in [0.25, 0.3) is 0 Å². The quantitative estimate of drug-likeness (QED) is 0.163. The van der Waals surface area contributed by atoms with Crippen LogP contribution >= 0.6 is 7.29 Å². The molecule has 7 aromatic carbocycles. The van der Waals surface area contributed by atoms with Gasteiger partial charge in [0.05, 0.1) is 33.8 Å². The van der Waals surface area contributed by atoms with Crippen LogP contribution in [0.4, 0.5) is 5.69 Å². The molecule has 2 aliphatic heterocycles. The molecule has 3 nitrogen and oxygen atoms in total. The van der Waals surface area contributed by atoms with Crippen molar-refractivity contribution < 1.29 is 4.57 Å². The molecule has 0 radical (unpaired) electrons. The summed E-state index contributed by atoms with van der Waals surface area (Å²) >= 11 is 0. The van der Waals surface area contributed by atoms with Gasteiger partial charge >= 0.3 is 0 Å². The lowest BCUT2D eigenvalue weighted by molar-refractivity contribution is 0.580. The van der Waals surface area contributed by atoms with E-state index in [0.29, 0.717) is 5.92 Å². The van der Waals surface area contributed by atoms with E-state index in [1.165, 1.54) is 22.3 Å². The van der Waals surface area contributed by atoms with Gasteiger partial charge in [0, 0.05) is 27.9 Å². The first-order chi connectivity index (χ1) is 28.6. The van der Waals surface area contributed by atoms with Gasteiger partial charge in [-0.1, -0.05) is 158 Å². The number of allylic oxidation sites excluding steroid dienone is 6. The zero-order valence-corrected chi connectivity index (χ0v) is 32.7. The van der Waals surface area contributed by atoms with Crippen molar-refractivity contribution in [3.63, 3.8) is 0 Å². The first kappa shape index (κ1) is 33.5. The van der Waals surface area contributed by atoms with E-state index >= 15 is 4.57 Å². The fraction of sp³-hybridized carbons (Fsp3) is 0.0741. The second kappa shape index (κ2) is 12.9. The molecule has 3 heterocycles. The summed E-state index contributed by atoms with van der Waals surface area (Å²) in [6.45, 7) is 0. The molecular formula is C54H39N2OP. The fourth-order valence-corrected chi connectivity index (χ4v) is 13.3. The Morgan fingerprint density at radius 1 is 0.569 bits per heavy atom. The predicted molar refractivity (Wildman–Crippen MR) is 243 cm³/mol. The van der Waals surface area contributed by atoms with Crippen LogP contribution in [0, 0.1) is 5.92 Å². The van der Waals surface area contributed by atoms with Crippen molar-refractivity contribution >= 4 is 45.4 Å². The Labute approximate surface area is 338 Å². The van der Waals surface area contributed by atoms with Crippen LogP contribution in [-0.2, 0) is 4.57 Å². The molecule has 12 rings (SSSR count). The molecule has 0 saturated carbocycles. The molecule has 8 aromatic rings. The van der Waals surface area contributed by atoms with Crippen molar-refractivity contribution in [2.75, 3.05) is 4.67 Å². The standard InChI is InChI=1S/C54H39N2OP/c57-58(44-24-14-5-15-25-44)52-35-43(39-22-12-4-13-23-39)33-48-45-30-40(36-16-6-1-7-17-36)26-28-49(45)55(54(48)52)51-34-42(38-20-10-3-11-21-38)32-47-46-31-41(37-18-8-2-9-19-37)27-29-50(46)56(58)53(47)51/h1-18,20-35,37,46,50H,19H2. The number of rotatable bonds is 5. The fourth-order valence-electron chi connectivity index (χ4n) is 10.1. The molecule has 0 saturated heterocycles. The maximum Gasteiger partial charge on any atom is 0.232 e. The van der Waals surface area contributed by atoms with Crippen LogP contribution in [0.25, 0.3) is 60.9 Å². The average molecular weight is 763 g/mol. The van der Waals surface area contributed by atoms with E-state index in [9.17, 15) is 0 Å². The molecule has 0 amide bonds. The normalized spacial score (nSPS) is 21.2. The Bertz CT molecular complexity index is 3120. The van der Waals surface area contributed by atoms with Gasteiger partial charge in [-0.25, -0.2) is 0 Å². The zero-order valence-electron chi connectivity index (χ0n) is 31.8. The highest BCUT2D eigenvalue weighted by Gasteiger charge is 2.52. The van der Waals surface area contributed by atoms with Crippen LogP contribution in [0.15, 0.2) is 212 Å². The molecule has 4 heteroatoms. The molecular weight excluding hydrogens is 724 g/mol. The van der Waals surface area contributed by atoms with E-state index < -0.39 is 7.29 Å². The van der Waals surface area contributed by atoms with Crippen molar-refractivity contribution in [3.05, 3.63) is 217 Å². The van der Waals surface area contributed by atoms with Crippen LogP contribution in [0.1, 0.15) is 17.9 Å². The van der Waals surface area contributed by atoms with Crippen LogP contribution in [0.2, 0.25) is 0 Å². The smallest absolute Gasteiger partial charge is 0.232 e. The number of hydrogen-bond acceptors (Lipinski definition) is 1. The van der Waals surface area contributed by atoms with Crippen molar-refractivity contribution in [2.45, 2.75) is 18.4 Å². The third-order valence-corrected chi connectivity index (χ3v) is 15.8. The molecule has 276 valence electrons.